The Bertz CT molecular complexity index is 462. The third kappa shape index (κ3) is 2.38. The maximum Gasteiger partial charge on any atom is 0.173 e. The van der Waals surface area contributed by atoms with Gasteiger partial charge < -0.3 is 15.8 Å². The van der Waals surface area contributed by atoms with Crippen molar-refractivity contribution in [3.8, 4) is 0 Å². The van der Waals surface area contributed by atoms with Gasteiger partial charge in [-0.05, 0) is 24.5 Å². The lowest BCUT2D eigenvalue weighted by molar-refractivity contribution is 0.318. The molecule has 1 atom stereocenters. The summed E-state index contributed by atoms with van der Waals surface area (Å²) < 4.78 is 0. The van der Waals surface area contributed by atoms with Crippen molar-refractivity contribution in [2.24, 2.45) is 16.8 Å². The minimum Gasteiger partial charge on any atom is -0.409 e. The largest absolute Gasteiger partial charge is 0.409 e. The zero-order valence-electron chi connectivity index (χ0n) is 10.4. The van der Waals surface area contributed by atoms with Crippen LogP contribution in [0.3, 0.4) is 0 Å². The number of oxime groups is 1. The number of anilines is 1. The summed E-state index contributed by atoms with van der Waals surface area (Å²) >= 11 is 6.15. The number of rotatable bonds is 3. The van der Waals surface area contributed by atoms with Gasteiger partial charge in [-0.2, -0.15) is 0 Å². The lowest BCUT2D eigenvalue weighted by Gasteiger charge is -2.22. The van der Waals surface area contributed by atoms with Crippen LogP contribution in [-0.2, 0) is 0 Å². The number of amidine groups is 1. The van der Waals surface area contributed by atoms with Gasteiger partial charge in [0, 0.05) is 18.8 Å². The highest BCUT2D eigenvalue weighted by atomic mass is 35.5. The lowest BCUT2D eigenvalue weighted by Crippen LogP contribution is -2.24. The first-order valence-corrected chi connectivity index (χ1v) is 6.56. The van der Waals surface area contributed by atoms with Crippen LogP contribution in [0.4, 0.5) is 5.69 Å². The van der Waals surface area contributed by atoms with Crippen molar-refractivity contribution < 1.29 is 5.21 Å². The van der Waals surface area contributed by atoms with Crippen molar-refractivity contribution >= 4 is 23.1 Å². The molecule has 4 nitrogen and oxygen atoms in total. The molecule has 0 radical (unpaired) electrons. The third-order valence-corrected chi connectivity index (χ3v) is 3.87. The summed E-state index contributed by atoms with van der Waals surface area (Å²) in [4.78, 5) is 2.26. The van der Waals surface area contributed by atoms with Crippen LogP contribution in [-0.4, -0.2) is 24.1 Å². The first-order chi connectivity index (χ1) is 8.67. The summed E-state index contributed by atoms with van der Waals surface area (Å²) in [7, 11) is 0. The molecule has 3 N–H and O–H groups in total. The van der Waals surface area contributed by atoms with Crippen LogP contribution in [0.5, 0.6) is 0 Å². The van der Waals surface area contributed by atoms with E-state index in [1.165, 1.54) is 12.8 Å². The van der Waals surface area contributed by atoms with Gasteiger partial charge in [0.15, 0.2) is 5.84 Å². The number of nitrogens with zero attached hydrogens (tertiary/aromatic N) is 2. The average Bonchev–Trinajstić information content (AvgIpc) is 2.86. The summed E-state index contributed by atoms with van der Waals surface area (Å²) in [5, 5.41) is 12.5. The van der Waals surface area contributed by atoms with Gasteiger partial charge >= 0.3 is 0 Å². The van der Waals surface area contributed by atoms with Crippen LogP contribution in [0.15, 0.2) is 23.4 Å². The fourth-order valence-electron chi connectivity index (χ4n) is 2.46. The van der Waals surface area contributed by atoms with E-state index in [0.717, 1.165) is 18.8 Å². The van der Waals surface area contributed by atoms with Crippen LogP contribution < -0.4 is 10.6 Å². The molecular weight excluding hydrogens is 250 g/mol. The molecule has 1 heterocycles. The molecule has 1 aliphatic rings. The van der Waals surface area contributed by atoms with Crippen molar-refractivity contribution in [2.75, 3.05) is 18.0 Å². The van der Waals surface area contributed by atoms with Gasteiger partial charge in [0.2, 0.25) is 0 Å². The molecule has 1 saturated heterocycles. The maximum atomic E-state index is 8.86. The lowest BCUT2D eigenvalue weighted by atomic mass is 10.1. The molecule has 5 heteroatoms. The predicted molar refractivity (Wildman–Crippen MR) is 74.6 cm³/mol. The zero-order chi connectivity index (χ0) is 13.1. The molecule has 18 heavy (non-hydrogen) atoms. The zero-order valence-corrected chi connectivity index (χ0v) is 11.2. The fourth-order valence-corrected chi connectivity index (χ4v) is 2.73. The molecule has 0 saturated carbocycles. The molecule has 98 valence electrons. The van der Waals surface area contributed by atoms with Crippen LogP contribution in [0, 0.1) is 5.92 Å². The standard InChI is InChI=1S/C13H18ClN3O/c1-2-9-6-7-17(8-9)11-5-3-4-10(14)12(11)13(15)16-18/h3-5,9,18H,2,6-8H2,1H3,(H2,15,16). The van der Waals surface area contributed by atoms with Gasteiger partial charge in [-0.1, -0.05) is 36.2 Å². The van der Waals surface area contributed by atoms with Crippen molar-refractivity contribution in [3.05, 3.63) is 28.8 Å². The molecule has 1 fully saturated rings. The Balaban J connectivity index is 2.36. The smallest absolute Gasteiger partial charge is 0.173 e. The highest BCUT2D eigenvalue weighted by Gasteiger charge is 2.24. The first-order valence-electron chi connectivity index (χ1n) is 6.18. The maximum absolute atomic E-state index is 8.86. The van der Waals surface area contributed by atoms with Gasteiger partial charge in [-0.25, -0.2) is 0 Å². The minimum absolute atomic E-state index is 0.0653. The number of halogens is 1. The van der Waals surface area contributed by atoms with E-state index in [2.05, 4.69) is 17.0 Å². The van der Waals surface area contributed by atoms with Crippen molar-refractivity contribution in [1.29, 1.82) is 0 Å². The van der Waals surface area contributed by atoms with E-state index in [-0.39, 0.29) is 5.84 Å². The van der Waals surface area contributed by atoms with Crippen LogP contribution in [0.1, 0.15) is 25.3 Å². The van der Waals surface area contributed by atoms with Crippen molar-refractivity contribution in [3.63, 3.8) is 0 Å². The number of hydrogen-bond acceptors (Lipinski definition) is 3. The molecule has 0 aliphatic carbocycles. The fraction of sp³-hybridized carbons (Fsp3) is 0.462. The van der Waals surface area contributed by atoms with Gasteiger partial charge in [0.05, 0.1) is 10.6 Å². The van der Waals surface area contributed by atoms with Gasteiger partial charge in [0.1, 0.15) is 0 Å². The molecule has 1 aromatic carbocycles. The van der Waals surface area contributed by atoms with Crippen molar-refractivity contribution in [1.82, 2.24) is 0 Å². The van der Waals surface area contributed by atoms with Crippen LogP contribution in [0.25, 0.3) is 0 Å². The Kier molecular flexibility index (Phi) is 3.97. The molecule has 0 spiro atoms. The van der Waals surface area contributed by atoms with E-state index in [1.54, 1.807) is 6.07 Å². The summed E-state index contributed by atoms with van der Waals surface area (Å²) in [6.07, 6.45) is 2.36. The minimum atomic E-state index is 0.0653. The molecule has 1 unspecified atom stereocenters. The van der Waals surface area contributed by atoms with Crippen LogP contribution in [0.2, 0.25) is 5.02 Å². The SMILES string of the molecule is CCC1CCN(c2cccc(Cl)c2/C(N)=N/O)C1. The first kappa shape index (κ1) is 13.0. The van der Waals surface area contributed by atoms with E-state index in [4.69, 9.17) is 22.5 Å². The Morgan fingerprint density at radius 2 is 2.39 bits per heavy atom. The van der Waals surface area contributed by atoms with E-state index >= 15 is 0 Å². The van der Waals surface area contributed by atoms with E-state index in [9.17, 15) is 0 Å². The molecule has 0 aromatic heterocycles. The van der Waals surface area contributed by atoms with E-state index in [1.807, 2.05) is 12.1 Å². The van der Waals surface area contributed by atoms with Crippen LogP contribution >= 0.6 is 11.6 Å². The summed E-state index contributed by atoms with van der Waals surface area (Å²) in [5.74, 6) is 0.777. The highest BCUT2D eigenvalue weighted by Crippen LogP contribution is 2.32. The number of nitrogens with two attached hydrogens (primary N) is 1. The average molecular weight is 268 g/mol. The Morgan fingerprint density at radius 1 is 1.61 bits per heavy atom. The van der Waals surface area contributed by atoms with Crippen molar-refractivity contribution in [2.45, 2.75) is 19.8 Å². The van der Waals surface area contributed by atoms with E-state index in [0.29, 0.717) is 16.5 Å². The van der Waals surface area contributed by atoms with Gasteiger partial charge in [0.25, 0.3) is 0 Å². The third-order valence-electron chi connectivity index (χ3n) is 3.56. The second-order valence-electron chi connectivity index (χ2n) is 4.63. The second kappa shape index (κ2) is 5.48. The monoisotopic (exact) mass is 267 g/mol. The molecule has 1 aliphatic heterocycles. The Hall–Kier alpha value is -1.42. The molecule has 0 amide bonds. The number of benzene rings is 1. The normalized spacial score (nSPS) is 20.4. The summed E-state index contributed by atoms with van der Waals surface area (Å²) in [5.41, 5.74) is 7.30. The molecular formula is C13H18ClN3O. The van der Waals surface area contributed by atoms with Gasteiger partial charge in [-0.15, -0.1) is 0 Å². The summed E-state index contributed by atoms with van der Waals surface area (Å²) in [6.45, 7) is 4.20. The predicted octanol–water partition coefficient (Wildman–Crippen LogP) is 2.67. The molecule has 2 rings (SSSR count). The van der Waals surface area contributed by atoms with E-state index < -0.39 is 0 Å². The highest BCUT2D eigenvalue weighted by molar-refractivity contribution is 6.34. The Labute approximate surface area is 112 Å². The topological polar surface area (TPSA) is 61.8 Å². The quantitative estimate of drug-likeness (QED) is 0.383. The number of hydrogen-bond donors (Lipinski definition) is 2. The molecule has 1 aromatic rings. The summed E-state index contributed by atoms with van der Waals surface area (Å²) in [6, 6.07) is 5.62. The van der Waals surface area contributed by atoms with Gasteiger partial charge in [-0.3, -0.25) is 0 Å². The molecule has 0 bridgehead atoms. The second-order valence-corrected chi connectivity index (χ2v) is 5.04. The Morgan fingerprint density at radius 3 is 3.00 bits per heavy atom.